The van der Waals surface area contributed by atoms with E-state index in [9.17, 15) is 8.42 Å². The lowest BCUT2D eigenvalue weighted by Crippen LogP contribution is -2.22. The second kappa shape index (κ2) is 3.93. The molecular weight excluding hydrogens is 150 g/mol. The molecule has 0 aliphatic rings. The summed E-state index contributed by atoms with van der Waals surface area (Å²) in [6.45, 7) is 2.41. The van der Waals surface area contributed by atoms with Gasteiger partial charge in [0.25, 0.3) is 0 Å². The first kappa shape index (κ1) is 9.91. The summed E-state index contributed by atoms with van der Waals surface area (Å²) < 4.78 is 21.4. The molecule has 2 N–H and O–H groups in total. The van der Waals surface area contributed by atoms with Crippen LogP contribution in [0.25, 0.3) is 0 Å². The van der Waals surface area contributed by atoms with E-state index in [0.29, 0.717) is 6.54 Å². The Bertz CT molecular complexity index is 170. The molecule has 0 heterocycles. The fourth-order valence-electron chi connectivity index (χ4n) is 0.781. The van der Waals surface area contributed by atoms with Crippen molar-refractivity contribution in [2.24, 2.45) is 11.7 Å². The Balaban J connectivity index is 3.87. The Morgan fingerprint density at radius 3 is 2.10 bits per heavy atom. The van der Waals surface area contributed by atoms with Gasteiger partial charge < -0.3 is 5.73 Å². The maximum Gasteiger partial charge on any atom is 0.147 e. The molecule has 0 aromatic rings. The number of rotatable bonds is 4. The summed E-state index contributed by atoms with van der Waals surface area (Å²) >= 11 is 0. The highest BCUT2D eigenvalue weighted by molar-refractivity contribution is 7.90. The van der Waals surface area contributed by atoms with Crippen LogP contribution in [-0.2, 0) is 9.84 Å². The summed E-state index contributed by atoms with van der Waals surface area (Å²) in [6.07, 6.45) is 2.08. The molecule has 0 amide bonds. The van der Waals surface area contributed by atoms with Gasteiger partial charge in [-0.25, -0.2) is 8.42 Å². The van der Waals surface area contributed by atoms with E-state index in [-0.39, 0.29) is 11.7 Å². The fraction of sp³-hybridized carbons (Fsp3) is 1.00. The van der Waals surface area contributed by atoms with Gasteiger partial charge in [-0.3, -0.25) is 0 Å². The predicted octanol–water partition coefficient (Wildman–Crippen LogP) is 0.0159. The van der Waals surface area contributed by atoms with Gasteiger partial charge in [-0.2, -0.15) is 0 Å². The summed E-state index contributed by atoms with van der Waals surface area (Å²) in [7, 11) is -2.83. The summed E-state index contributed by atoms with van der Waals surface area (Å²) in [5, 5.41) is 0. The van der Waals surface area contributed by atoms with Crippen LogP contribution in [0.3, 0.4) is 0 Å². The summed E-state index contributed by atoms with van der Waals surface area (Å²) in [5.74, 6) is 0.356. The van der Waals surface area contributed by atoms with Gasteiger partial charge >= 0.3 is 0 Å². The molecule has 1 atom stereocenters. The van der Waals surface area contributed by atoms with Gasteiger partial charge in [-0.1, -0.05) is 13.3 Å². The maximum absolute atomic E-state index is 10.7. The van der Waals surface area contributed by atoms with E-state index in [4.69, 9.17) is 5.73 Å². The Morgan fingerprint density at radius 2 is 2.00 bits per heavy atom. The highest BCUT2D eigenvalue weighted by Gasteiger charge is 2.10. The highest BCUT2D eigenvalue weighted by atomic mass is 32.2. The standard InChI is InChI=1S/C6H15NO2S/c1-3-6(4-7)5-10(2,8)9/h6H,3-5,7H2,1-2H3. The second-order valence-electron chi connectivity index (χ2n) is 2.60. The van der Waals surface area contributed by atoms with E-state index in [0.717, 1.165) is 6.42 Å². The van der Waals surface area contributed by atoms with Crippen molar-refractivity contribution in [2.75, 3.05) is 18.6 Å². The zero-order valence-corrected chi connectivity index (χ0v) is 7.32. The van der Waals surface area contributed by atoms with Crippen molar-refractivity contribution < 1.29 is 8.42 Å². The minimum absolute atomic E-state index is 0.134. The van der Waals surface area contributed by atoms with Crippen LogP contribution in [0.1, 0.15) is 13.3 Å². The van der Waals surface area contributed by atoms with Crippen molar-refractivity contribution in [3.05, 3.63) is 0 Å². The summed E-state index contributed by atoms with van der Waals surface area (Å²) in [5.41, 5.74) is 5.33. The first-order chi connectivity index (χ1) is 4.49. The van der Waals surface area contributed by atoms with Crippen LogP contribution >= 0.6 is 0 Å². The predicted molar refractivity (Wildman–Crippen MR) is 42.5 cm³/mol. The van der Waals surface area contributed by atoms with Crippen molar-refractivity contribution in [3.63, 3.8) is 0 Å². The lowest BCUT2D eigenvalue weighted by Gasteiger charge is -2.08. The largest absolute Gasteiger partial charge is 0.330 e. The second-order valence-corrected chi connectivity index (χ2v) is 4.79. The van der Waals surface area contributed by atoms with Gasteiger partial charge in [0.05, 0.1) is 5.75 Å². The quantitative estimate of drug-likeness (QED) is 0.638. The van der Waals surface area contributed by atoms with Gasteiger partial charge in [-0.15, -0.1) is 0 Å². The Morgan fingerprint density at radius 1 is 1.50 bits per heavy atom. The van der Waals surface area contributed by atoms with Crippen LogP contribution < -0.4 is 5.73 Å². The van der Waals surface area contributed by atoms with Gasteiger partial charge in [0, 0.05) is 6.26 Å². The first-order valence-electron chi connectivity index (χ1n) is 3.37. The van der Waals surface area contributed by atoms with Crippen molar-refractivity contribution in [1.82, 2.24) is 0 Å². The maximum atomic E-state index is 10.7. The monoisotopic (exact) mass is 165 g/mol. The molecule has 0 saturated heterocycles. The topological polar surface area (TPSA) is 60.2 Å². The van der Waals surface area contributed by atoms with Crippen LogP contribution in [-0.4, -0.2) is 27.0 Å². The van der Waals surface area contributed by atoms with E-state index >= 15 is 0 Å². The lowest BCUT2D eigenvalue weighted by atomic mass is 10.1. The number of hydrogen-bond acceptors (Lipinski definition) is 3. The Labute approximate surface area is 62.5 Å². The molecule has 0 aromatic heterocycles. The minimum Gasteiger partial charge on any atom is -0.330 e. The normalized spacial score (nSPS) is 15.1. The molecule has 0 bridgehead atoms. The Hall–Kier alpha value is -0.0900. The molecule has 0 rings (SSSR count). The highest BCUT2D eigenvalue weighted by Crippen LogP contribution is 2.02. The molecule has 0 aromatic carbocycles. The molecular formula is C6H15NO2S. The van der Waals surface area contributed by atoms with Gasteiger partial charge in [0.15, 0.2) is 0 Å². The van der Waals surface area contributed by atoms with Crippen molar-refractivity contribution >= 4 is 9.84 Å². The summed E-state index contributed by atoms with van der Waals surface area (Å²) in [6, 6.07) is 0. The smallest absolute Gasteiger partial charge is 0.147 e. The molecule has 0 saturated carbocycles. The average molecular weight is 165 g/mol. The molecule has 3 nitrogen and oxygen atoms in total. The van der Waals surface area contributed by atoms with Crippen LogP contribution in [0.5, 0.6) is 0 Å². The molecule has 1 unspecified atom stereocenters. The number of nitrogens with two attached hydrogens (primary N) is 1. The zero-order chi connectivity index (χ0) is 8.20. The molecule has 10 heavy (non-hydrogen) atoms. The van der Waals surface area contributed by atoms with Gasteiger partial charge in [-0.05, 0) is 12.5 Å². The Kier molecular flexibility index (Phi) is 3.89. The molecule has 0 spiro atoms. The van der Waals surface area contributed by atoms with E-state index in [2.05, 4.69) is 0 Å². The van der Waals surface area contributed by atoms with Crippen LogP contribution in [0, 0.1) is 5.92 Å². The molecule has 4 heteroatoms. The minimum atomic E-state index is -2.83. The molecule has 62 valence electrons. The molecule has 0 fully saturated rings. The van der Waals surface area contributed by atoms with Crippen LogP contribution in [0.4, 0.5) is 0 Å². The zero-order valence-electron chi connectivity index (χ0n) is 6.50. The van der Waals surface area contributed by atoms with Gasteiger partial charge in [0.2, 0.25) is 0 Å². The molecule has 0 radical (unpaired) electrons. The summed E-state index contributed by atoms with van der Waals surface area (Å²) in [4.78, 5) is 0. The number of sulfone groups is 1. The first-order valence-corrected chi connectivity index (χ1v) is 5.43. The van der Waals surface area contributed by atoms with Gasteiger partial charge in [0.1, 0.15) is 9.84 Å². The average Bonchev–Trinajstić information content (AvgIpc) is 1.81. The molecule has 0 aliphatic heterocycles. The van der Waals surface area contributed by atoms with Crippen molar-refractivity contribution in [3.8, 4) is 0 Å². The number of hydrogen-bond donors (Lipinski definition) is 1. The lowest BCUT2D eigenvalue weighted by molar-refractivity contribution is 0.547. The SMILES string of the molecule is CCC(CN)CS(C)(=O)=O. The van der Waals surface area contributed by atoms with E-state index in [1.807, 2.05) is 6.92 Å². The van der Waals surface area contributed by atoms with E-state index < -0.39 is 9.84 Å². The van der Waals surface area contributed by atoms with Crippen LogP contribution in [0.2, 0.25) is 0 Å². The van der Waals surface area contributed by atoms with Crippen LogP contribution in [0.15, 0.2) is 0 Å². The van der Waals surface area contributed by atoms with E-state index in [1.165, 1.54) is 6.26 Å². The third kappa shape index (κ3) is 4.76. The van der Waals surface area contributed by atoms with Crippen molar-refractivity contribution in [1.29, 1.82) is 0 Å². The third-order valence-corrected chi connectivity index (χ3v) is 2.53. The molecule has 0 aliphatic carbocycles. The van der Waals surface area contributed by atoms with E-state index in [1.54, 1.807) is 0 Å². The van der Waals surface area contributed by atoms with Crippen molar-refractivity contribution in [2.45, 2.75) is 13.3 Å². The fourth-order valence-corrected chi connectivity index (χ4v) is 2.01. The third-order valence-electron chi connectivity index (χ3n) is 1.45.